The van der Waals surface area contributed by atoms with Gasteiger partial charge in [0.25, 0.3) is 0 Å². The van der Waals surface area contributed by atoms with Gasteiger partial charge >= 0.3 is 12.2 Å². The van der Waals surface area contributed by atoms with Crippen LogP contribution in [0.2, 0.25) is 0 Å². The van der Waals surface area contributed by atoms with Crippen molar-refractivity contribution in [3.8, 4) is 0 Å². The van der Waals surface area contributed by atoms with Crippen molar-refractivity contribution in [1.82, 2.24) is 5.32 Å². The SMILES string of the molecule is CC(O)CC(C)(C)CNC(=O)Nc1cc(C(F)(F)F)ccc1F. The molecule has 0 fully saturated rings. The Bertz CT molecular complexity index is 557. The molecule has 1 aromatic rings. The van der Waals surface area contributed by atoms with Crippen molar-refractivity contribution >= 4 is 11.7 Å². The third-order valence-corrected chi connectivity index (χ3v) is 3.12. The van der Waals surface area contributed by atoms with Gasteiger partial charge in [-0.1, -0.05) is 13.8 Å². The number of carbonyl (C=O) groups excluding carboxylic acids is 1. The van der Waals surface area contributed by atoms with E-state index in [1.54, 1.807) is 6.92 Å². The first-order valence-corrected chi connectivity index (χ1v) is 7.00. The van der Waals surface area contributed by atoms with E-state index in [0.29, 0.717) is 24.6 Å². The van der Waals surface area contributed by atoms with E-state index in [1.807, 2.05) is 13.8 Å². The lowest BCUT2D eigenvalue weighted by atomic mass is 9.87. The molecule has 0 saturated carbocycles. The fourth-order valence-electron chi connectivity index (χ4n) is 2.16. The van der Waals surface area contributed by atoms with Crippen molar-refractivity contribution in [3.05, 3.63) is 29.6 Å². The molecule has 0 aliphatic rings. The summed E-state index contributed by atoms with van der Waals surface area (Å²) in [6.07, 6.45) is -4.76. The van der Waals surface area contributed by atoms with E-state index in [4.69, 9.17) is 0 Å². The molecular formula is C15H20F4N2O2. The maximum atomic E-state index is 13.5. The van der Waals surface area contributed by atoms with E-state index in [1.165, 1.54) is 0 Å². The van der Waals surface area contributed by atoms with E-state index < -0.39 is 40.8 Å². The molecule has 0 radical (unpaired) electrons. The first-order chi connectivity index (χ1) is 10.4. The number of alkyl halides is 3. The van der Waals surface area contributed by atoms with E-state index in [9.17, 15) is 27.5 Å². The number of hydrogen-bond donors (Lipinski definition) is 3. The largest absolute Gasteiger partial charge is 0.416 e. The predicted octanol–water partition coefficient (Wildman–Crippen LogP) is 3.76. The summed E-state index contributed by atoms with van der Waals surface area (Å²) in [6.45, 7) is 5.40. The molecule has 0 aliphatic carbocycles. The Kier molecular flexibility index (Phi) is 5.98. The summed E-state index contributed by atoms with van der Waals surface area (Å²) >= 11 is 0. The number of amides is 2. The van der Waals surface area contributed by atoms with Crippen LogP contribution in [-0.2, 0) is 6.18 Å². The average molecular weight is 336 g/mol. The Labute approximate surface area is 131 Å². The summed E-state index contributed by atoms with van der Waals surface area (Å²) in [5.41, 5.74) is -2.02. The van der Waals surface area contributed by atoms with E-state index in [-0.39, 0.29) is 6.54 Å². The molecule has 1 unspecified atom stereocenters. The van der Waals surface area contributed by atoms with Crippen LogP contribution in [0, 0.1) is 11.2 Å². The van der Waals surface area contributed by atoms with Gasteiger partial charge < -0.3 is 15.7 Å². The van der Waals surface area contributed by atoms with Crippen molar-refractivity contribution < 1.29 is 27.5 Å². The van der Waals surface area contributed by atoms with Crippen LogP contribution in [-0.4, -0.2) is 23.8 Å². The van der Waals surface area contributed by atoms with Gasteiger partial charge in [0.2, 0.25) is 0 Å². The fourth-order valence-corrected chi connectivity index (χ4v) is 2.16. The molecule has 0 aromatic heterocycles. The zero-order chi connectivity index (χ0) is 17.8. The lowest BCUT2D eigenvalue weighted by Gasteiger charge is -2.26. The molecule has 0 aliphatic heterocycles. The molecule has 23 heavy (non-hydrogen) atoms. The Balaban J connectivity index is 2.71. The van der Waals surface area contributed by atoms with Gasteiger partial charge in [0.15, 0.2) is 0 Å². The zero-order valence-electron chi connectivity index (χ0n) is 13.1. The lowest BCUT2D eigenvalue weighted by Crippen LogP contribution is -2.38. The van der Waals surface area contributed by atoms with Crippen molar-refractivity contribution in [2.45, 2.75) is 39.5 Å². The van der Waals surface area contributed by atoms with Crippen LogP contribution in [0.5, 0.6) is 0 Å². The Morgan fingerprint density at radius 3 is 2.43 bits per heavy atom. The van der Waals surface area contributed by atoms with Crippen molar-refractivity contribution in [2.24, 2.45) is 5.41 Å². The number of anilines is 1. The van der Waals surface area contributed by atoms with Crippen LogP contribution in [0.4, 0.5) is 28.0 Å². The molecule has 1 aromatic carbocycles. The highest BCUT2D eigenvalue weighted by Crippen LogP contribution is 2.31. The van der Waals surface area contributed by atoms with E-state index >= 15 is 0 Å². The van der Waals surface area contributed by atoms with Crippen LogP contribution < -0.4 is 10.6 Å². The normalized spacial score (nSPS) is 13.6. The highest BCUT2D eigenvalue weighted by Gasteiger charge is 2.31. The third kappa shape index (κ3) is 6.43. The first-order valence-electron chi connectivity index (χ1n) is 7.00. The predicted molar refractivity (Wildman–Crippen MR) is 78.5 cm³/mol. The minimum Gasteiger partial charge on any atom is -0.393 e. The number of benzene rings is 1. The van der Waals surface area contributed by atoms with Crippen molar-refractivity contribution in [1.29, 1.82) is 0 Å². The van der Waals surface area contributed by atoms with Gasteiger partial charge in [-0.05, 0) is 37.0 Å². The quantitative estimate of drug-likeness (QED) is 0.717. The summed E-state index contributed by atoms with van der Waals surface area (Å²) in [5.74, 6) is -0.962. The van der Waals surface area contributed by atoms with Gasteiger partial charge in [0, 0.05) is 6.54 Å². The molecule has 0 spiro atoms. The van der Waals surface area contributed by atoms with E-state index in [2.05, 4.69) is 10.6 Å². The molecular weight excluding hydrogens is 316 g/mol. The van der Waals surface area contributed by atoms with Gasteiger partial charge in [0.1, 0.15) is 5.82 Å². The van der Waals surface area contributed by atoms with E-state index in [0.717, 1.165) is 0 Å². The number of rotatable bonds is 5. The number of carbonyl (C=O) groups is 1. The monoisotopic (exact) mass is 336 g/mol. The second-order valence-corrected chi connectivity index (χ2v) is 6.22. The zero-order valence-corrected chi connectivity index (χ0v) is 13.1. The van der Waals surface area contributed by atoms with Crippen LogP contribution >= 0.6 is 0 Å². The van der Waals surface area contributed by atoms with Gasteiger partial charge in [-0.15, -0.1) is 0 Å². The van der Waals surface area contributed by atoms with Gasteiger partial charge in [-0.3, -0.25) is 0 Å². The number of hydrogen-bond acceptors (Lipinski definition) is 2. The third-order valence-electron chi connectivity index (χ3n) is 3.12. The smallest absolute Gasteiger partial charge is 0.393 e. The van der Waals surface area contributed by atoms with Gasteiger partial charge in [-0.2, -0.15) is 13.2 Å². The van der Waals surface area contributed by atoms with Crippen molar-refractivity contribution in [2.75, 3.05) is 11.9 Å². The molecule has 1 rings (SSSR count). The average Bonchev–Trinajstić information content (AvgIpc) is 2.36. The summed E-state index contributed by atoms with van der Waals surface area (Å²) in [5, 5.41) is 13.9. The van der Waals surface area contributed by atoms with Crippen LogP contribution in [0.25, 0.3) is 0 Å². The lowest BCUT2D eigenvalue weighted by molar-refractivity contribution is -0.137. The topological polar surface area (TPSA) is 61.4 Å². The molecule has 8 heteroatoms. The minimum absolute atomic E-state index is 0.171. The number of halogens is 4. The maximum Gasteiger partial charge on any atom is 0.416 e. The molecule has 0 bridgehead atoms. The number of aliphatic hydroxyl groups is 1. The Hall–Kier alpha value is -1.83. The summed E-state index contributed by atoms with van der Waals surface area (Å²) < 4.78 is 51.3. The molecule has 3 N–H and O–H groups in total. The number of nitrogens with one attached hydrogen (secondary N) is 2. The number of urea groups is 1. The van der Waals surface area contributed by atoms with Gasteiger partial charge in [0.05, 0.1) is 17.4 Å². The molecule has 2 amide bonds. The Morgan fingerprint density at radius 1 is 1.30 bits per heavy atom. The molecule has 4 nitrogen and oxygen atoms in total. The highest BCUT2D eigenvalue weighted by atomic mass is 19.4. The fraction of sp³-hybridized carbons (Fsp3) is 0.533. The van der Waals surface area contributed by atoms with Gasteiger partial charge in [-0.25, -0.2) is 9.18 Å². The minimum atomic E-state index is -4.63. The first kappa shape index (κ1) is 19.2. The Morgan fingerprint density at radius 2 is 1.91 bits per heavy atom. The summed E-state index contributed by atoms with van der Waals surface area (Å²) in [7, 11) is 0. The number of aliphatic hydroxyl groups excluding tert-OH is 1. The molecule has 130 valence electrons. The van der Waals surface area contributed by atoms with Crippen LogP contribution in [0.15, 0.2) is 18.2 Å². The molecule has 0 heterocycles. The maximum absolute atomic E-state index is 13.5. The standard InChI is InChI=1S/C15H20F4N2O2/c1-9(22)7-14(2,3)8-20-13(23)21-12-6-10(15(17,18)19)4-5-11(12)16/h4-6,9,22H,7-8H2,1-3H3,(H2,20,21,23). The van der Waals surface area contributed by atoms with Crippen LogP contribution in [0.1, 0.15) is 32.8 Å². The second-order valence-electron chi connectivity index (χ2n) is 6.22. The van der Waals surface area contributed by atoms with Crippen LogP contribution in [0.3, 0.4) is 0 Å². The molecule has 1 atom stereocenters. The summed E-state index contributed by atoms with van der Waals surface area (Å²) in [4.78, 5) is 11.7. The second kappa shape index (κ2) is 7.16. The highest BCUT2D eigenvalue weighted by molar-refractivity contribution is 5.89. The molecule has 0 saturated heterocycles. The summed E-state index contributed by atoms with van der Waals surface area (Å²) in [6, 6.07) is 0.970. The van der Waals surface area contributed by atoms with Crippen molar-refractivity contribution in [3.63, 3.8) is 0 Å².